The molecule has 3 atom stereocenters. The van der Waals surface area contributed by atoms with E-state index in [1.54, 1.807) is 18.2 Å². The molecule has 15 heavy (non-hydrogen) atoms. The Kier molecular flexibility index (Phi) is 5.25. The molecule has 1 rings (SSSR count). The Balaban J connectivity index is 2.78. The van der Waals surface area contributed by atoms with Gasteiger partial charge in [0.15, 0.2) is 0 Å². The largest absolute Gasteiger partial charge is 0.361 e. The molecule has 86 valence electrons. The van der Waals surface area contributed by atoms with Gasteiger partial charge in [-0.3, -0.25) is 4.79 Å². The van der Waals surface area contributed by atoms with Crippen LogP contribution in [0.25, 0.3) is 0 Å². The molecule has 7 heteroatoms. The molecule has 0 radical (unpaired) electrons. The molecule has 0 saturated carbocycles. The van der Waals surface area contributed by atoms with Gasteiger partial charge in [0, 0.05) is 24.2 Å². The number of alkyl halides is 1. The summed E-state index contributed by atoms with van der Waals surface area (Å²) >= 11 is 2.24. The van der Waals surface area contributed by atoms with E-state index < -0.39 is 6.35 Å². The molecular weight excluding hydrogens is 330 g/mol. The van der Waals surface area contributed by atoms with Gasteiger partial charge in [-0.15, -0.1) is 0 Å². The second kappa shape index (κ2) is 5.98. The van der Waals surface area contributed by atoms with Crippen molar-refractivity contribution in [2.45, 2.75) is 19.0 Å². The van der Waals surface area contributed by atoms with Gasteiger partial charge in [-0.1, -0.05) is 31.8 Å². The molecule has 5 nitrogen and oxygen atoms in total. The highest BCUT2D eigenvalue weighted by Crippen LogP contribution is 2.19. The van der Waals surface area contributed by atoms with E-state index in [2.05, 4.69) is 37.1 Å². The van der Waals surface area contributed by atoms with Gasteiger partial charge in [0.1, 0.15) is 6.23 Å². The van der Waals surface area contributed by atoms with Gasteiger partial charge in [-0.05, 0) is 0 Å². The third-order valence-corrected chi connectivity index (χ3v) is 3.09. The van der Waals surface area contributed by atoms with E-state index in [9.17, 15) is 9.90 Å². The number of aliphatic hydroxyl groups excluding tert-OH is 1. The predicted molar refractivity (Wildman–Crippen MR) is 68.1 cm³/mol. The number of methoxy groups -OCH3 is 1. The van der Waals surface area contributed by atoms with Crippen LogP contribution in [-0.2, 0) is 9.53 Å². The average molecular weight is 344 g/mol. The molecule has 3 unspecified atom stereocenters. The van der Waals surface area contributed by atoms with Gasteiger partial charge in [-0.2, -0.15) is 0 Å². The molecule has 2 N–H and O–H groups in total. The summed E-state index contributed by atoms with van der Waals surface area (Å²) in [6.45, 7) is 0. The Bertz CT molecular complexity index is 275. The smallest absolute Gasteiger partial charge is 0.256 e. The number of carbonyl (C=O) groups excluding carboxylic acids is 1. The first-order valence-corrected chi connectivity index (χ1v) is 6.53. The van der Waals surface area contributed by atoms with Crippen molar-refractivity contribution in [1.82, 2.24) is 10.2 Å². The number of halogens is 1. The van der Waals surface area contributed by atoms with Crippen molar-refractivity contribution in [1.29, 1.82) is 0 Å². The first-order chi connectivity index (χ1) is 7.10. The minimum Gasteiger partial charge on any atom is -0.361 e. The first kappa shape index (κ1) is 13.2. The molecule has 1 amide bonds. The van der Waals surface area contributed by atoms with Crippen LogP contribution in [0, 0.1) is 0 Å². The lowest BCUT2D eigenvalue weighted by molar-refractivity contribution is -0.137. The SMILES string of the molecule is COC(CCI)N1C=C(P)C(=O)NC1O. The van der Waals surface area contributed by atoms with Crippen LogP contribution in [-0.4, -0.2) is 40.0 Å². The molecule has 0 fully saturated rings. The lowest BCUT2D eigenvalue weighted by Crippen LogP contribution is -2.53. The summed E-state index contributed by atoms with van der Waals surface area (Å²) in [5.74, 6) is -0.284. The summed E-state index contributed by atoms with van der Waals surface area (Å²) in [6, 6.07) is 0. The number of aliphatic hydroxyl groups is 1. The molecule has 1 heterocycles. The van der Waals surface area contributed by atoms with E-state index in [1.807, 2.05) is 0 Å². The predicted octanol–water partition coefficient (Wildman–Crippen LogP) is 0.208. The fourth-order valence-electron chi connectivity index (χ4n) is 1.29. The zero-order valence-corrected chi connectivity index (χ0v) is 11.6. The quantitative estimate of drug-likeness (QED) is 0.435. The number of nitrogens with one attached hydrogen (secondary N) is 1. The summed E-state index contributed by atoms with van der Waals surface area (Å²) in [4.78, 5) is 12.8. The van der Waals surface area contributed by atoms with Crippen LogP contribution < -0.4 is 5.32 Å². The highest BCUT2D eigenvalue weighted by Gasteiger charge is 2.27. The number of hydrogen-bond donors (Lipinski definition) is 2. The molecule has 0 aromatic rings. The molecule has 0 aromatic heterocycles. The molecule has 0 spiro atoms. The zero-order valence-electron chi connectivity index (χ0n) is 8.31. The van der Waals surface area contributed by atoms with Crippen molar-refractivity contribution in [3.05, 3.63) is 11.5 Å². The highest BCUT2D eigenvalue weighted by molar-refractivity contribution is 14.1. The second-order valence-electron chi connectivity index (χ2n) is 3.05. The van der Waals surface area contributed by atoms with Gasteiger partial charge in [0.05, 0.1) is 5.31 Å². The monoisotopic (exact) mass is 344 g/mol. The molecule has 1 aliphatic rings. The Morgan fingerprint density at radius 2 is 2.53 bits per heavy atom. The molecule has 0 bridgehead atoms. The van der Waals surface area contributed by atoms with E-state index in [-0.39, 0.29) is 12.1 Å². The number of nitrogens with zero attached hydrogens (tertiary/aromatic N) is 1. The van der Waals surface area contributed by atoms with E-state index in [0.29, 0.717) is 5.31 Å². The van der Waals surface area contributed by atoms with Crippen LogP contribution in [0.2, 0.25) is 0 Å². The van der Waals surface area contributed by atoms with Crippen LogP contribution >= 0.6 is 31.8 Å². The van der Waals surface area contributed by atoms with Crippen LogP contribution in [0.3, 0.4) is 0 Å². The number of hydrogen-bond acceptors (Lipinski definition) is 4. The van der Waals surface area contributed by atoms with Crippen molar-refractivity contribution < 1.29 is 14.6 Å². The summed E-state index contributed by atoms with van der Waals surface area (Å²) in [5.41, 5.74) is 0. The third kappa shape index (κ3) is 3.27. The Morgan fingerprint density at radius 3 is 3.07 bits per heavy atom. The summed E-state index contributed by atoms with van der Waals surface area (Å²) in [5, 5.41) is 12.5. The minimum atomic E-state index is -1.02. The fraction of sp³-hybridized carbons (Fsp3) is 0.625. The van der Waals surface area contributed by atoms with Gasteiger partial charge in [-0.25, -0.2) is 0 Å². The van der Waals surface area contributed by atoms with Crippen molar-refractivity contribution in [2.75, 3.05) is 11.5 Å². The minimum absolute atomic E-state index is 0.229. The number of rotatable bonds is 4. The topological polar surface area (TPSA) is 61.8 Å². The van der Waals surface area contributed by atoms with Crippen molar-refractivity contribution in [3.63, 3.8) is 0 Å². The average Bonchev–Trinajstić information content (AvgIpc) is 2.20. The molecule has 1 aliphatic heterocycles. The normalized spacial score (nSPS) is 23.5. The van der Waals surface area contributed by atoms with Gasteiger partial charge in [0.2, 0.25) is 6.35 Å². The number of carbonyl (C=O) groups is 1. The zero-order chi connectivity index (χ0) is 11.4. The molecular formula is C8H14IN2O3P. The maximum absolute atomic E-state index is 11.2. The standard InChI is InChI=1S/C8H14IN2O3P/c1-14-6(2-3-9)11-4-5(15)7(12)10-8(11)13/h4,6,8,13H,2-3,15H2,1H3,(H,10,12). The second-order valence-corrected chi connectivity index (χ2v) is 4.75. The van der Waals surface area contributed by atoms with E-state index in [4.69, 9.17) is 4.74 Å². The third-order valence-electron chi connectivity index (χ3n) is 2.05. The van der Waals surface area contributed by atoms with Crippen LogP contribution in [0.5, 0.6) is 0 Å². The lowest BCUT2D eigenvalue weighted by atomic mass is 10.3. The molecule has 0 aromatic carbocycles. The van der Waals surface area contributed by atoms with Crippen LogP contribution in [0.4, 0.5) is 0 Å². The van der Waals surface area contributed by atoms with Crippen molar-refractivity contribution in [2.24, 2.45) is 0 Å². The van der Waals surface area contributed by atoms with Crippen LogP contribution in [0.1, 0.15) is 6.42 Å². The molecule has 0 aliphatic carbocycles. The van der Waals surface area contributed by atoms with Gasteiger partial charge in [0.25, 0.3) is 5.91 Å². The maximum Gasteiger partial charge on any atom is 0.256 e. The number of ether oxygens (including phenoxy) is 1. The molecule has 0 saturated heterocycles. The van der Waals surface area contributed by atoms with Gasteiger partial charge < -0.3 is 20.1 Å². The fourth-order valence-corrected chi connectivity index (χ4v) is 2.08. The van der Waals surface area contributed by atoms with Crippen molar-refractivity contribution in [3.8, 4) is 0 Å². The first-order valence-electron chi connectivity index (χ1n) is 4.42. The summed E-state index contributed by atoms with van der Waals surface area (Å²) in [6.07, 6.45) is 1.12. The van der Waals surface area contributed by atoms with E-state index in [1.165, 1.54) is 0 Å². The summed E-state index contributed by atoms with van der Waals surface area (Å²) < 4.78 is 6.15. The highest BCUT2D eigenvalue weighted by atomic mass is 127. The van der Waals surface area contributed by atoms with E-state index >= 15 is 0 Å². The Hall–Kier alpha value is 0.0900. The van der Waals surface area contributed by atoms with Gasteiger partial charge >= 0.3 is 0 Å². The summed E-state index contributed by atoms with van der Waals surface area (Å²) in [7, 11) is 3.91. The maximum atomic E-state index is 11.2. The van der Waals surface area contributed by atoms with E-state index in [0.717, 1.165) is 10.8 Å². The lowest BCUT2D eigenvalue weighted by Gasteiger charge is -2.36. The Morgan fingerprint density at radius 1 is 1.87 bits per heavy atom. The van der Waals surface area contributed by atoms with Crippen LogP contribution in [0.15, 0.2) is 11.5 Å². The van der Waals surface area contributed by atoms with Crippen molar-refractivity contribution >= 4 is 37.7 Å². The number of amides is 1. The Labute approximate surface area is 105 Å².